The molecule has 11 nitrogen and oxygen atoms in total. The van der Waals surface area contributed by atoms with Gasteiger partial charge in [-0.3, -0.25) is 0 Å². The van der Waals surface area contributed by atoms with Crippen molar-refractivity contribution >= 4 is 0 Å². The van der Waals surface area contributed by atoms with E-state index in [9.17, 15) is 5.11 Å². The second-order valence-electron chi connectivity index (χ2n) is 20.0. The average molecular weight is 1060 g/mol. The van der Waals surface area contributed by atoms with E-state index in [0.29, 0.717) is 6.61 Å². The highest BCUT2D eigenvalue weighted by Gasteiger charge is 2.57. The molecule has 0 radical (unpaired) electrons. The summed E-state index contributed by atoms with van der Waals surface area (Å²) in [6, 6.07) is 79.8. The van der Waals surface area contributed by atoms with Crippen LogP contribution in [0.4, 0.5) is 0 Å². The van der Waals surface area contributed by atoms with E-state index in [4.69, 9.17) is 47.4 Å². The zero-order valence-corrected chi connectivity index (χ0v) is 44.3. The molecule has 408 valence electrons. The predicted octanol–water partition coefficient (Wildman–Crippen LogP) is 11.8. The molecule has 8 aromatic carbocycles. The molecule has 8 aromatic rings. The molecule has 11 heteroatoms. The number of ether oxygens (including phenoxy) is 10. The molecule has 2 fully saturated rings. The molecule has 0 amide bonds. The Morgan fingerprint density at radius 3 is 0.835 bits per heavy atom. The Bertz CT molecular complexity index is 2910. The molecule has 10 rings (SSSR count). The van der Waals surface area contributed by atoms with Gasteiger partial charge >= 0.3 is 0 Å². The van der Waals surface area contributed by atoms with Crippen molar-refractivity contribution < 1.29 is 52.5 Å². The van der Waals surface area contributed by atoms with E-state index < -0.39 is 67.3 Å². The first kappa shape index (κ1) is 55.6. The van der Waals surface area contributed by atoms with Crippen molar-refractivity contribution in [2.75, 3.05) is 6.61 Å². The fourth-order valence-corrected chi connectivity index (χ4v) is 10.1. The molecule has 1 N–H and O–H groups in total. The van der Waals surface area contributed by atoms with Crippen LogP contribution in [0.2, 0.25) is 0 Å². The van der Waals surface area contributed by atoms with Crippen molar-refractivity contribution in [3.63, 3.8) is 0 Å². The molecule has 2 aliphatic rings. The zero-order valence-electron chi connectivity index (χ0n) is 44.3. The third-order valence-electron chi connectivity index (χ3n) is 14.2. The monoisotopic (exact) mass is 1060 g/mol. The number of benzene rings is 8. The van der Waals surface area contributed by atoms with Gasteiger partial charge in [0.25, 0.3) is 0 Å². The Labute approximate surface area is 464 Å². The van der Waals surface area contributed by atoms with Gasteiger partial charge in [-0.25, -0.2) is 0 Å². The van der Waals surface area contributed by atoms with Gasteiger partial charge in [-0.2, -0.15) is 0 Å². The molecule has 0 spiro atoms. The minimum atomic E-state index is -1.37. The maximum Gasteiger partial charge on any atom is 0.187 e. The Kier molecular flexibility index (Phi) is 20.8. The lowest BCUT2D eigenvalue weighted by Gasteiger charge is -2.51. The number of aliphatic hydroxyl groups excluding tert-OH is 1. The molecule has 1 saturated heterocycles. The van der Waals surface area contributed by atoms with Crippen molar-refractivity contribution in [2.45, 2.75) is 120 Å². The normalized spacial score (nSPS) is 24.0. The fourth-order valence-electron chi connectivity index (χ4n) is 10.1. The number of hydrogen-bond acceptors (Lipinski definition) is 11. The van der Waals surface area contributed by atoms with E-state index >= 15 is 0 Å². The van der Waals surface area contributed by atoms with Crippen LogP contribution in [0.3, 0.4) is 0 Å². The molecule has 0 bridgehead atoms. The summed E-state index contributed by atoms with van der Waals surface area (Å²) < 4.78 is 70.7. The second kappa shape index (κ2) is 29.5. The molecular formula is C68H70O11. The van der Waals surface area contributed by atoms with E-state index in [1.54, 1.807) is 0 Å². The van der Waals surface area contributed by atoms with Crippen LogP contribution in [0, 0.1) is 0 Å². The Morgan fingerprint density at radius 2 is 0.506 bits per heavy atom. The molecule has 11 atom stereocenters. The summed E-state index contributed by atoms with van der Waals surface area (Å²) in [6.07, 6.45) is -10.7. The van der Waals surface area contributed by atoms with Gasteiger partial charge in [-0.05, 0) is 44.5 Å². The van der Waals surface area contributed by atoms with Crippen molar-refractivity contribution in [1.29, 1.82) is 0 Å². The third-order valence-corrected chi connectivity index (χ3v) is 14.2. The first-order chi connectivity index (χ1) is 39.1. The highest BCUT2D eigenvalue weighted by Crippen LogP contribution is 2.39. The number of rotatable bonds is 27. The summed E-state index contributed by atoms with van der Waals surface area (Å²) in [5.74, 6) is 0. The predicted molar refractivity (Wildman–Crippen MR) is 301 cm³/mol. The van der Waals surface area contributed by atoms with Crippen molar-refractivity contribution in [3.05, 3.63) is 287 Å². The van der Waals surface area contributed by atoms with Crippen LogP contribution in [0.5, 0.6) is 0 Å². The third kappa shape index (κ3) is 16.0. The standard InChI is InChI=1S/C68H70O11/c69-59-61(72-43-52-29-13-3-14-30-52)64(74-45-54-33-17-5-18-34-54)66(76-47-56-37-21-7-22-38-56)65(75-46-55-35-19-6-20-36-55)62(59)79-68-67(77-48-57-39-23-8-24-40-57)63(73-44-53-31-15-4-16-32-53)60(71-42-51-27-11-2-12-28-51)58(78-68)49-70-41-50-25-9-1-10-26-50/h1-40,58-69H,41-49H2/t58?,59-,60-,61?,62?,63+,64-,65?,66-,67?,68-/m0/s1. The van der Waals surface area contributed by atoms with E-state index in [1.165, 1.54) is 0 Å². The Morgan fingerprint density at radius 1 is 0.266 bits per heavy atom. The van der Waals surface area contributed by atoms with Gasteiger partial charge < -0.3 is 52.5 Å². The van der Waals surface area contributed by atoms with Crippen molar-refractivity contribution in [2.24, 2.45) is 0 Å². The molecule has 1 saturated carbocycles. The maximum absolute atomic E-state index is 13.3. The first-order valence-corrected chi connectivity index (χ1v) is 27.3. The van der Waals surface area contributed by atoms with Crippen LogP contribution >= 0.6 is 0 Å². The van der Waals surface area contributed by atoms with Crippen LogP contribution in [0.15, 0.2) is 243 Å². The van der Waals surface area contributed by atoms with Crippen LogP contribution in [-0.4, -0.2) is 79.0 Å². The molecule has 1 aliphatic carbocycles. The lowest BCUT2D eigenvalue weighted by atomic mass is 9.83. The van der Waals surface area contributed by atoms with Crippen molar-refractivity contribution in [3.8, 4) is 0 Å². The van der Waals surface area contributed by atoms with E-state index in [-0.39, 0.29) is 52.9 Å². The van der Waals surface area contributed by atoms with Crippen LogP contribution in [0.25, 0.3) is 0 Å². The largest absolute Gasteiger partial charge is 0.387 e. The second-order valence-corrected chi connectivity index (χ2v) is 20.0. The smallest absolute Gasteiger partial charge is 0.187 e. The summed E-state index contributed by atoms with van der Waals surface area (Å²) in [5, 5.41) is 13.3. The first-order valence-electron chi connectivity index (χ1n) is 27.3. The molecule has 79 heavy (non-hydrogen) atoms. The molecule has 5 unspecified atom stereocenters. The summed E-state index contributed by atoms with van der Waals surface area (Å²) in [4.78, 5) is 0. The molecule has 0 aromatic heterocycles. The van der Waals surface area contributed by atoms with Gasteiger partial charge in [0.2, 0.25) is 0 Å². The van der Waals surface area contributed by atoms with Gasteiger partial charge in [0, 0.05) is 0 Å². The van der Waals surface area contributed by atoms with Crippen LogP contribution in [-0.2, 0) is 100 Å². The van der Waals surface area contributed by atoms with Gasteiger partial charge in [0.1, 0.15) is 61.0 Å². The lowest BCUT2D eigenvalue weighted by Crippen LogP contribution is -2.69. The van der Waals surface area contributed by atoms with Crippen LogP contribution in [0.1, 0.15) is 44.5 Å². The fraction of sp³-hybridized carbons (Fsp3) is 0.294. The quantitative estimate of drug-likeness (QED) is 0.0531. The van der Waals surface area contributed by atoms with Gasteiger partial charge in [0.15, 0.2) is 6.29 Å². The number of hydrogen-bond donors (Lipinski definition) is 1. The van der Waals surface area contributed by atoms with Gasteiger partial charge in [-0.1, -0.05) is 243 Å². The Balaban J connectivity index is 1.07. The van der Waals surface area contributed by atoms with E-state index in [0.717, 1.165) is 44.5 Å². The molecular weight excluding hydrogens is 993 g/mol. The Hall–Kier alpha value is -6.68. The van der Waals surface area contributed by atoms with E-state index in [1.807, 2.05) is 243 Å². The minimum absolute atomic E-state index is 0.104. The summed E-state index contributed by atoms with van der Waals surface area (Å²) in [7, 11) is 0. The molecule has 1 heterocycles. The molecule has 1 aliphatic heterocycles. The minimum Gasteiger partial charge on any atom is -0.387 e. The SMILES string of the molecule is O[C@@H]1C(O[C@@H]2OC(COCc3ccccc3)[C@H](OCc3ccccc3)[C@@H](OCc3ccccc3)C2OCc2ccccc2)C(OCc2ccccc2)[C@@H](OCc2ccccc2)[C@@H](OCc2ccccc2)C1OCc1ccccc1. The van der Waals surface area contributed by atoms with Crippen LogP contribution < -0.4 is 0 Å². The summed E-state index contributed by atoms with van der Waals surface area (Å²) in [6.45, 7) is 1.84. The van der Waals surface area contributed by atoms with E-state index in [2.05, 4.69) is 0 Å². The lowest BCUT2D eigenvalue weighted by molar-refractivity contribution is -0.363. The topological polar surface area (TPSA) is 113 Å². The summed E-state index contributed by atoms with van der Waals surface area (Å²) >= 11 is 0. The van der Waals surface area contributed by atoms with Gasteiger partial charge in [0.05, 0.1) is 59.5 Å². The van der Waals surface area contributed by atoms with Gasteiger partial charge in [-0.15, -0.1) is 0 Å². The average Bonchev–Trinajstić information content (AvgIpc) is 3.65. The summed E-state index contributed by atoms with van der Waals surface area (Å²) in [5.41, 5.74) is 7.60. The van der Waals surface area contributed by atoms with Crippen molar-refractivity contribution in [1.82, 2.24) is 0 Å². The highest BCUT2D eigenvalue weighted by molar-refractivity contribution is 5.20. The maximum atomic E-state index is 13.3. The highest BCUT2D eigenvalue weighted by atomic mass is 16.7. The zero-order chi connectivity index (χ0) is 53.7. The number of aliphatic hydroxyl groups is 1.